The van der Waals surface area contributed by atoms with Crippen molar-refractivity contribution in [1.29, 1.82) is 0 Å². The van der Waals surface area contributed by atoms with E-state index >= 15 is 0 Å². The number of carbonyl (C=O) groups is 3. The van der Waals surface area contributed by atoms with E-state index in [0.717, 1.165) is 18.8 Å². The Morgan fingerprint density at radius 2 is 1.84 bits per heavy atom. The summed E-state index contributed by atoms with van der Waals surface area (Å²) in [5.41, 5.74) is 2.10. The van der Waals surface area contributed by atoms with Gasteiger partial charge in [-0.3, -0.25) is 14.4 Å². The molecule has 2 heterocycles. The van der Waals surface area contributed by atoms with E-state index in [-0.39, 0.29) is 37.2 Å². The van der Waals surface area contributed by atoms with Crippen LogP contribution in [0.4, 0.5) is 11.4 Å². The molecule has 2 aromatic rings. The Labute approximate surface area is 186 Å². The molecular formula is C23H24ClN3O4. The summed E-state index contributed by atoms with van der Waals surface area (Å²) >= 11 is 6.08. The van der Waals surface area contributed by atoms with Crippen molar-refractivity contribution in [2.75, 3.05) is 49.1 Å². The molecule has 1 saturated heterocycles. The monoisotopic (exact) mass is 441 g/mol. The number of benzene rings is 2. The van der Waals surface area contributed by atoms with Crippen LogP contribution in [0, 0.1) is 0 Å². The fourth-order valence-electron chi connectivity index (χ4n) is 3.92. The molecule has 4 rings (SSSR count). The largest absolute Gasteiger partial charge is 0.482 e. The lowest BCUT2D eigenvalue weighted by atomic mass is 10.1. The number of nitrogens with zero attached hydrogens (tertiary/aromatic N) is 3. The number of piperazine rings is 1. The summed E-state index contributed by atoms with van der Waals surface area (Å²) in [7, 11) is 0. The van der Waals surface area contributed by atoms with Crippen LogP contribution in [0.2, 0.25) is 5.02 Å². The molecule has 0 saturated carbocycles. The summed E-state index contributed by atoms with van der Waals surface area (Å²) in [4.78, 5) is 42.5. The van der Waals surface area contributed by atoms with Crippen molar-refractivity contribution >= 4 is 40.6 Å². The lowest BCUT2D eigenvalue weighted by molar-refractivity contribution is -0.131. The Balaban J connectivity index is 1.37. The van der Waals surface area contributed by atoms with E-state index < -0.39 is 0 Å². The lowest BCUT2D eigenvalue weighted by Crippen LogP contribution is -2.49. The SMILES string of the molecule is CC(=O)c1ccc2c(c1)N(CCC(=O)N1CCN(c3cccc(Cl)c3)CC1)C(=O)CO2. The Kier molecular flexibility index (Phi) is 6.13. The number of Topliss-reactive ketones (excluding diaryl/α,β-unsaturated/α-hetero) is 1. The number of halogens is 1. The first-order valence-corrected chi connectivity index (χ1v) is 10.7. The molecule has 0 unspecified atom stereocenters. The van der Waals surface area contributed by atoms with Gasteiger partial charge in [0, 0.05) is 55.4 Å². The first kappa shape index (κ1) is 21.2. The van der Waals surface area contributed by atoms with Crippen molar-refractivity contribution in [1.82, 2.24) is 4.90 Å². The number of rotatable bonds is 5. The summed E-state index contributed by atoms with van der Waals surface area (Å²) in [6, 6.07) is 12.7. The number of amides is 2. The normalized spacial score (nSPS) is 16.1. The molecule has 2 amide bonds. The second-order valence-corrected chi connectivity index (χ2v) is 8.11. The zero-order valence-corrected chi connectivity index (χ0v) is 18.1. The molecule has 7 nitrogen and oxygen atoms in total. The van der Waals surface area contributed by atoms with Crippen molar-refractivity contribution in [3.63, 3.8) is 0 Å². The van der Waals surface area contributed by atoms with Crippen molar-refractivity contribution < 1.29 is 19.1 Å². The van der Waals surface area contributed by atoms with Crippen LogP contribution >= 0.6 is 11.6 Å². The second-order valence-electron chi connectivity index (χ2n) is 7.67. The van der Waals surface area contributed by atoms with Gasteiger partial charge in [-0.2, -0.15) is 0 Å². The van der Waals surface area contributed by atoms with Gasteiger partial charge in [0.25, 0.3) is 5.91 Å². The summed E-state index contributed by atoms with van der Waals surface area (Å²) in [5, 5.41) is 0.694. The minimum absolute atomic E-state index is 0.00862. The number of ketones is 1. The Morgan fingerprint density at radius 1 is 1.06 bits per heavy atom. The molecule has 0 atom stereocenters. The predicted octanol–water partition coefficient (Wildman–Crippen LogP) is 3.01. The summed E-state index contributed by atoms with van der Waals surface area (Å²) in [6.45, 7) is 4.36. The maximum atomic E-state index is 12.8. The molecule has 2 aromatic carbocycles. The highest BCUT2D eigenvalue weighted by atomic mass is 35.5. The highest BCUT2D eigenvalue weighted by molar-refractivity contribution is 6.30. The van der Waals surface area contributed by atoms with Gasteiger partial charge >= 0.3 is 0 Å². The van der Waals surface area contributed by atoms with Gasteiger partial charge < -0.3 is 19.4 Å². The topological polar surface area (TPSA) is 70.2 Å². The van der Waals surface area contributed by atoms with E-state index in [1.165, 1.54) is 6.92 Å². The third kappa shape index (κ3) is 4.66. The van der Waals surface area contributed by atoms with Crippen LogP contribution in [0.5, 0.6) is 5.75 Å². The zero-order valence-electron chi connectivity index (χ0n) is 17.3. The van der Waals surface area contributed by atoms with E-state index in [2.05, 4.69) is 4.90 Å². The molecule has 31 heavy (non-hydrogen) atoms. The van der Waals surface area contributed by atoms with Crippen molar-refractivity contribution in [2.45, 2.75) is 13.3 Å². The van der Waals surface area contributed by atoms with Gasteiger partial charge in [-0.15, -0.1) is 0 Å². The number of fused-ring (bicyclic) bond motifs is 1. The summed E-state index contributed by atoms with van der Waals surface area (Å²) < 4.78 is 5.47. The minimum Gasteiger partial charge on any atom is -0.482 e. The lowest BCUT2D eigenvalue weighted by Gasteiger charge is -2.36. The maximum Gasteiger partial charge on any atom is 0.265 e. The zero-order chi connectivity index (χ0) is 22.0. The molecule has 0 radical (unpaired) electrons. The van der Waals surface area contributed by atoms with Crippen LogP contribution in [-0.4, -0.2) is 61.8 Å². The Bertz CT molecular complexity index is 1020. The van der Waals surface area contributed by atoms with Crippen LogP contribution in [0.25, 0.3) is 0 Å². The van der Waals surface area contributed by atoms with Crippen LogP contribution in [0.15, 0.2) is 42.5 Å². The first-order chi connectivity index (χ1) is 14.9. The van der Waals surface area contributed by atoms with E-state index in [9.17, 15) is 14.4 Å². The molecule has 2 aliphatic heterocycles. The predicted molar refractivity (Wildman–Crippen MR) is 119 cm³/mol. The van der Waals surface area contributed by atoms with Crippen LogP contribution in [-0.2, 0) is 9.59 Å². The molecule has 0 bridgehead atoms. The standard InChI is InChI=1S/C23H24ClN3O4/c1-16(28)17-5-6-21-20(13-17)27(23(30)15-31-21)8-7-22(29)26-11-9-25(10-12-26)19-4-2-3-18(24)14-19/h2-6,13-14H,7-12,15H2,1H3. The fraction of sp³-hybridized carbons (Fsp3) is 0.348. The van der Waals surface area contributed by atoms with Crippen LogP contribution in [0.1, 0.15) is 23.7 Å². The molecule has 162 valence electrons. The second kappa shape index (κ2) is 8.98. The van der Waals surface area contributed by atoms with E-state index in [1.807, 2.05) is 29.2 Å². The highest BCUT2D eigenvalue weighted by Crippen LogP contribution is 2.33. The fourth-order valence-corrected chi connectivity index (χ4v) is 4.10. The summed E-state index contributed by atoms with van der Waals surface area (Å²) in [6.07, 6.45) is 0.215. The smallest absolute Gasteiger partial charge is 0.265 e. The van der Waals surface area contributed by atoms with E-state index in [1.54, 1.807) is 23.1 Å². The quantitative estimate of drug-likeness (QED) is 0.667. The number of hydrogen-bond acceptors (Lipinski definition) is 5. The number of ether oxygens (including phenoxy) is 1. The average Bonchev–Trinajstić information content (AvgIpc) is 2.78. The van der Waals surface area contributed by atoms with E-state index in [4.69, 9.17) is 16.3 Å². The number of hydrogen-bond donors (Lipinski definition) is 0. The molecule has 0 N–H and O–H groups in total. The summed E-state index contributed by atoms with van der Waals surface area (Å²) in [5.74, 6) is 0.252. The van der Waals surface area contributed by atoms with Crippen molar-refractivity contribution in [3.05, 3.63) is 53.1 Å². The Morgan fingerprint density at radius 3 is 2.55 bits per heavy atom. The van der Waals surface area contributed by atoms with Gasteiger partial charge in [-0.05, 0) is 43.3 Å². The average molecular weight is 442 g/mol. The third-order valence-electron chi connectivity index (χ3n) is 5.66. The van der Waals surface area contributed by atoms with Gasteiger partial charge in [0.2, 0.25) is 5.91 Å². The van der Waals surface area contributed by atoms with Crippen LogP contribution < -0.4 is 14.5 Å². The van der Waals surface area contributed by atoms with Gasteiger partial charge in [-0.25, -0.2) is 0 Å². The highest BCUT2D eigenvalue weighted by Gasteiger charge is 2.28. The molecule has 2 aliphatic rings. The minimum atomic E-state index is -0.216. The van der Waals surface area contributed by atoms with Gasteiger partial charge in [-0.1, -0.05) is 17.7 Å². The molecule has 1 fully saturated rings. The molecule has 0 spiro atoms. The van der Waals surface area contributed by atoms with Crippen molar-refractivity contribution in [2.24, 2.45) is 0 Å². The molecular weight excluding hydrogens is 418 g/mol. The van der Waals surface area contributed by atoms with Gasteiger partial charge in [0.1, 0.15) is 5.75 Å². The van der Waals surface area contributed by atoms with Crippen LogP contribution in [0.3, 0.4) is 0 Å². The number of carbonyl (C=O) groups excluding carboxylic acids is 3. The van der Waals surface area contributed by atoms with Gasteiger partial charge in [0.05, 0.1) is 5.69 Å². The third-order valence-corrected chi connectivity index (χ3v) is 5.90. The maximum absolute atomic E-state index is 12.8. The van der Waals surface area contributed by atoms with Crippen molar-refractivity contribution in [3.8, 4) is 5.75 Å². The Hall–Kier alpha value is -3.06. The number of anilines is 2. The molecule has 0 aromatic heterocycles. The van der Waals surface area contributed by atoms with Gasteiger partial charge in [0.15, 0.2) is 12.4 Å². The molecule has 8 heteroatoms. The molecule has 0 aliphatic carbocycles. The first-order valence-electron chi connectivity index (χ1n) is 10.3. The van der Waals surface area contributed by atoms with E-state index in [0.29, 0.717) is 35.1 Å².